The van der Waals surface area contributed by atoms with Gasteiger partial charge in [-0.05, 0) is 36.5 Å². The molecule has 0 bridgehead atoms. The van der Waals surface area contributed by atoms with Crippen LogP contribution in [0.25, 0.3) is 0 Å². The van der Waals surface area contributed by atoms with Crippen molar-refractivity contribution in [1.82, 2.24) is 4.90 Å². The van der Waals surface area contributed by atoms with Crippen LogP contribution >= 0.6 is 0 Å². The topological polar surface area (TPSA) is 86.7 Å². The molecule has 142 valence electrons. The van der Waals surface area contributed by atoms with Crippen LogP contribution in [0.2, 0.25) is 0 Å². The molecule has 7 heteroatoms. The van der Waals surface area contributed by atoms with Gasteiger partial charge in [-0.2, -0.15) is 0 Å². The summed E-state index contributed by atoms with van der Waals surface area (Å²) in [6.45, 7) is 0. The van der Waals surface area contributed by atoms with Gasteiger partial charge in [0.2, 0.25) is 5.91 Å². The van der Waals surface area contributed by atoms with Gasteiger partial charge in [-0.1, -0.05) is 19.3 Å². The summed E-state index contributed by atoms with van der Waals surface area (Å²) in [5, 5.41) is 11.9. The minimum atomic E-state index is -0.902. The molecule has 2 amide bonds. The van der Waals surface area contributed by atoms with E-state index in [0.717, 1.165) is 25.3 Å². The Hall–Kier alpha value is -2.44. The van der Waals surface area contributed by atoms with E-state index in [1.165, 1.54) is 31.1 Å². The maximum absolute atomic E-state index is 13.9. The number of aliphatic carboxylic acids is 1. The summed E-state index contributed by atoms with van der Waals surface area (Å²) >= 11 is 0. The first-order valence-electron chi connectivity index (χ1n) is 8.75. The molecule has 0 heterocycles. The highest BCUT2D eigenvalue weighted by Gasteiger charge is 2.36. The molecule has 0 atom stereocenters. The molecule has 0 spiro atoms. The van der Waals surface area contributed by atoms with Gasteiger partial charge in [-0.3, -0.25) is 14.4 Å². The van der Waals surface area contributed by atoms with Crippen molar-refractivity contribution >= 4 is 23.5 Å². The number of hydrogen-bond donors (Lipinski definition) is 2. The van der Waals surface area contributed by atoms with Crippen molar-refractivity contribution in [2.75, 3.05) is 19.4 Å². The smallest absolute Gasteiger partial charge is 0.303 e. The Kier molecular flexibility index (Phi) is 6.34. The van der Waals surface area contributed by atoms with E-state index in [9.17, 15) is 23.9 Å². The standard InChI is InChI=1S/C19H25FN2O4/c1-22(2)18(26)14-10-13(6-7-15(14)20)21-16(23)11-19(12-17(24)25)8-4-3-5-9-19/h6-7,10H,3-5,8-9,11-12H2,1-2H3,(H,21,23)(H,24,25). The lowest BCUT2D eigenvalue weighted by Crippen LogP contribution is -2.32. The van der Waals surface area contributed by atoms with E-state index in [1.54, 1.807) is 0 Å². The predicted molar refractivity (Wildman–Crippen MR) is 95.4 cm³/mol. The Morgan fingerprint density at radius 1 is 1.15 bits per heavy atom. The fourth-order valence-corrected chi connectivity index (χ4v) is 3.59. The molecule has 26 heavy (non-hydrogen) atoms. The lowest BCUT2D eigenvalue weighted by atomic mass is 9.69. The lowest BCUT2D eigenvalue weighted by molar-refractivity contribution is -0.140. The Bertz CT molecular complexity index is 697. The van der Waals surface area contributed by atoms with E-state index in [1.807, 2.05) is 0 Å². The Labute approximate surface area is 152 Å². The van der Waals surface area contributed by atoms with Gasteiger partial charge in [0.1, 0.15) is 5.82 Å². The molecule has 0 aliphatic heterocycles. The summed E-state index contributed by atoms with van der Waals surface area (Å²) in [4.78, 5) is 37.0. The van der Waals surface area contributed by atoms with Crippen LogP contribution < -0.4 is 5.32 Å². The number of amides is 2. The average Bonchev–Trinajstić information content (AvgIpc) is 2.55. The number of rotatable bonds is 6. The first-order chi connectivity index (χ1) is 12.2. The predicted octanol–water partition coefficient (Wildman–Crippen LogP) is 3.28. The average molecular weight is 364 g/mol. The molecule has 1 aromatic rings. The van der Waals surface area contributed by atoms with Crippen LogP contribution in [-0.2, 0) is 9.59 Å². The Balaban J connectivity index is 2.12. The number of benzene rings is 1. The lowest BCUT2D eigenvalue weighted by Gasteiger charge is -2.35. The number of carbonyl (C=O) groups is 3. The van der Waals surface area contributed by atoms with E-state index in [2.05, 4.69) is 5.32 Å². The van der Waals surface area contributed by atoms with Crippen LogP contribution in [0.3, 0.4) is 0 Å². The third kappa shape index (κ3) is 5.03. The first kappa shape index (κ1) is 19.9. The number of carbonyl (C=O) groups excluding carboxylic acids is 2. The second kappa shape index (κ2) is 8.29. The molecular weight excluding hydrogens is 339 g/mol. The fourth-order valence-electron chi connectivity index (χ4n) is 3.59. The van der Waals surface area contributed by atoms with E-state index >= 15 is 0 Å². The van der Waals surface area contributed by atoms with Crippen molar-refractivity contribution in [3.8, 4) is 0 Å². The summed E-state index contributed by atoms with van der Waals surface area (Å²) in [6, 6.07) is 3.84. The molecule has 1 saturated carbocycles. The van der Waals surface area contributed by atoms with Crippen molar-refractivity contribution in [3.63, 3.8) is 0 Å². The van der Waals surface area contributed by atoms with Crippen LogP contribution in [0.5, 0.6) is 0 Å². The highest BCUT2D eigenvalue weighted by atomic mass is 19.1. The molecule has 1 fully saturated rings. The van der Waals surface area contributed by atoms with Crippen LogP contribution in [0.1, 0.15) is 55.3 Å². The monoisotopic (exact) mass is 364 g/mol. The summed E-state index contributed by atoms with van der Waals surface area (Å²) in [6.07, 6.45) is 4.37. The zero-order chi connectivity index (χ0) is 19.3. The Morgan fingerprint density at radius 3 is 2.38 bits per heavy atom. The largest absolute Gasteiger partial charge is 0.481 e. The van der Waals surface area contributed by atoms with E-state index in [-0.39, 0.29) is 24.3 Å². The third-order valence-electron chi connectivity index (χ3n) is 4.86. The van der Waals surface area contributed by atoms with Crippen molar-refractivity contribution in [2.24, 2.45) is 5.41 Å². The number of carboxylic acid groups (broad SMARTS) is 1. The molecule has 1 aliphatic rings. The minimum Gasteiger partial charge on any atom is -0.481 e. The molecule has 1 aliphatic carbocycles. The number of anilines is 1. The summed E-state index contributed by atoms with van der Waals surface area (Å²) in [5.41, 5.74) is -0.329. The number of hydrogen-bond acceptors (Lipinski definition) is 3. The zero-order valence-electron chi connectivity index (χ0n) is 15.2. The number of carboxylic acids is 1. The normalized spacial score (nSPS) is 16.0. The van der Waals surface area contributed by atoms with Crippen molar-refractivity contribution in [2.45, 2.75) is 44.9 Å². The van der Waals surface area contributed by atoms with Gasteiger partial charge in [0, 0.05) is 26.2 Å². The molecule has 0 radical (unpaired) electrons. The first-order valence-corrected chi connectivity index (χ1v) is 8.75. The maximum atomic E-state index is 13.9. The van der Waals surface area contributed by atoms with E-state index < -0.39 is 23.1 Å². The van der Waals surface area contributed by atoms with Gasteiger partial charge < -0.3 is 15.3 Å². The van der Waals surface area contributed by atoms with Gasteiger partial charge in [0.05, 0.1) is 12.0 Å². The minimum absolute atomic E-state index is 0.0335. The van der Waals surface area contributed by atoms with Gasteiger partial charge in [-0.15, -0.1) is 0 Å². The van der Waals surface area contributed by atoms with Gasteiger partial charge in [0.25, 0.3) is 5.91 Å². The zero-order valence-corrected chi connectivity index (χ0v) is 15.2. The fraction of sp³-hybridized carbons (Fsp3) is 0.526. The number of nitrogens with one attached hydrogen (secondary N) is 1. The quantitative estimate of drug-likeness (QED) is 0.811. The highest BCUT2D eigenvalue weighted by molar-refractivity contribution is 5.97. The van der Waals surface area contributed by atoms with Crippen LogP contribution in [0.15, 0.2) is 18.2 Å². The molecule has 2 rings (SSSR count). The Morgan fingerprint density at radius 2 is 1.81 bits per heavy atom. The van der Waals surface area contributed by atoms with Crippen LogP contribution in [0.4, 0.5) is 10.1 Å². The van der Waals surface area contributed by atoms with Gasteiger partial charge in [-0.25, -0.2) is 4.39 Å². The second-order valence-corrected chi connectivity index (χ2v) is 7.25. The molecular formula is C19H25FN2O4. The molecule has 0 saturated heterocycles. The van der Waals surface area contributed by atoms with Crippen molar-refractivity contribution in [1.29, 1.82) is 0 Å². The molecule has 2 N–H and O–H groups in total. The summed E-state index contributed by atoms with van der Waals surface area (Å²) < 4.78 is 13.9. The van der Waals surface area contributed by atoms with Crippen LogP contribution in [-0.4, -0.2) is 41.9 Å². The van der Waals surface area contributed by atoms with E-state index in [0.29, 0.717) is 18.5 Å². The summed E-state index contributed by atoms with van der Waals surface area (Å²) in [5.74, 6) is -2.37. The maximum Gasteiger partial charge on any atom is 0.303 e. The highest BCUT2D eigenvalue weighted by Crippen LogP contribution is 2.42. The van der Waals surface area contributed by atoms with Crippen LogP contribution in [0, 0.1) is 11.2 Å². The number of nitrogens with zero attached hydrogens (tertiary/aromatic N) is 1. The molecule has 6 nitrogen and oxygen atoms in total. The number of halogens is 1. The molecule has 1 aromatic carbocycles. The van der Waals surface area contributed by atoms with Crippen molar-refractivity contribution < 1.29 is 23.9 Å². The SMILES string of the molecule is CN(C)C(=O)c1cc(NC(=O)CC2(CC(=O)O)CCCCC2)ccc1F. The second-order valence-electron chi connectivity index (χ2n) is 7.25. The molecule has 0 aromatic heterocycles. The van der Waals surface area contributed by atoms with Crippen molar-refractivity contribution in [3.05, 3.63) is 29.6 Å². The third-order valence-corrected chi connectivity index (χ3v) is 4.86. The molecule has 0 unspecified atom stereocenters. The van der Waals surface area contributed by atoms with Gasteiger partial charge in [0.15, 0.2) is 0 Å². The van der Waals surface area contributed by atoms with Gasteiger partial charge >= 0.3 is 5.97 Å². The van der Waals surface area contributed by atoms with E-state index in [4.69, 9.17) is 0 Å². The summed E-state index contributed by atoms with van der Waals surface area (Å²) in [7, 11) is 3.04.